The molecule has 0 aliphatic carbocycles. The van der Waals surface area contributed by atoms with E-state index in [0.717, 1.165) is 16.8 Å². The Kier molecular flexibility index (Phi) is 5.66. The quantitative estimate of drug-likeness (QED) is 0.458. The summed E-state index contributed by atoms with van der Waals surface area (Å²) in [6.45, 7) is 3.08. The van der Waals surface area contributed by atoms with Crippen molar-refractivity contribution in [3.05, 3.63) is 78.0 Å². The zero-order chi connectivity index (χ0) is 25.9. The fraction of sp³-hybridized carbons (Fsp3) is 0.333. The molecule has 37 heavy (non-hydrogen) atoms. The molecule has 0 radical (unpaired) electrons. The SMILES string of the molecule is CCOc1ccc2c(c1)[C@]1(C(=O)N2C)N(C)CC(c2cccnc2)[C@@]12SC(=S)N(Cc1ccco1)C2=O. The van der Waals surface area contributed by atoms with Crippen molar-refractivity contribution in [1.29, 1.82) is 0 Å². The van der Waals surface area contributed by atoms with Crippen LogP contribution < -0.4 is 9.64 Å². The van der Waals surface area contributed by atoms with Crippen LogP contribution in [0.15, 0.2) is 65.5 Å². The molecule has 3 aliphatic rings. The summed E-state index contributed by atoms with van der Waals surface area (Å²) >= 11 is 7.15. The first-order chi connectivity index (χ1) is 17.9. The van der Waals surface area contributed by atoms with Gasteiger partial charge >= 0.3 is 0 Å². The van der Waals surface area contributed by atoms with Crippen molar-refractivity contribution in [1.82, 2.24) is 14.8 Å². The van der Waals surface area contributed by atoms with E-state index in [1.165, 1.54) is 11.8 Å². The molecule has 3 atom stereocenters. The molecule has 2 saturated heterocycles. The predicted octanol–water partition coefficient (Wildman–Crippen LogP) is 3.77. The van der Waals surface area contributed by atoms with Crippen molar-refractivity contribution in [3.63, 3.8) is 0 Å². The number of thioether (sulfide) groups is 1. The van der Waals surface area contributed by atoms with Crippen molar-refractivity contribution in [2.24, 2.45) is 0 Å². The Labute approximate surface area is 224 Å². The molecule has 190 valence electrons. The highest BCUT2D eigenvalue weighted by Crippen LogP contribution is 2.66. The number of furan rings is 1. The van der Waals surface area contributed by atoms with Crippen LogP contribution in [0.3, 0.4) is 0 Å². The minimum atomic E-state index is -1.30. The number of fused-ring (bicyclic) bond motifs is 3. The molecule has 1 aromatic carbocycles. The summed E-state index contributed by atoms with van der Waals surface area (Å²) in [5, 5.41) is 0. The van der Waals surface area contributed by atoms with Crippen LogP contribution in [0, 0.1) is 0 Å². The zero-order valence-electron chi connectivity index (χ0n) is 20.7. The third kappa shape index (κ3) is 3.12. The topological polar surface area (TPSA) is 79.1 Å². The Balaban J connectivity index is 1.61. The summed E-state index contributed by atoms with van der Waals surface area (Å²) in [7, 11) is 3.68. The Morgan fingerprint density at radius 3 is 2.73 bits per heavy atom. The van der Waals surface area contributed by atoms with E-state index in [0.29, 0.717) is 29.0 Å². The van der Waals surface area contributed by atoms with Crippen LogP contribution in [0.25, 0.3) is 0 Å². The molecule has 8 nitrogen and oxygen atoms in total. The first-order valence-corrected chi connectivity index (χ1v) is 13.3. The molecule has 0 N–H and O–H groups in total. The van der Waals surface area contributed by atoms with Gasteiger partial charge in [-0.15, -0.1) is 0 Å². The van der Waals surface area contributed by atoms with Gasteiger partial charge in [0.15, 0.2) is 5.54 Å². The van der Waals surface area contributed by atoms with Crippen LogP contribution in [0.5, 0.6) is 5.75 Å². The fourth-order valence-electron chi connectivity index (χ4n) is 6.21. The van der Waals surface area contributed by atoms with Crippen molar-refractivity contribution >= 4 is 45.8 Å². The van der Waals surface area contributed by atoms with E-state index in [9.17, 15) is 9.59 Å². The minimum absolute atomic E-state index is 0.159. The largest absolute Gasteiger partial charge is 0.494 e. The Hall–Kier alpha value is -3.21. The van der Waals surface area contributed by atoms with Crippen LogP contribution in [0.2, 0.25) is 0 Å². The van der Waals surface area contributed by atoms with E-state index in [2.05, 4.69) is 4.98 Å². The number of likely N-dealkylation sites (N-methyl/N-ethyl adjacent to an activating group) is 2. The van der Waals surface area contributed by atoms with Crippen LogP contribution >= 0.6 is 24.0 Å². The standard InChI is InChI=1S/C27H26N4O4S2/c1-4-34-18-9-10-22-20(13-18)26(23(32)30(22)3)27(21(16-29(26)2)17-7-5-11-28-14-17)24(33)31(25(36)37-27)15-19-8-6-12-35-19/h5-14,21H,4,15-16H2,1-3H3/t21?,26-,27+/m1/s1. The molecule has 10 heteroatoms. The van der Waals surface area contributed by atoms with Crippen molar-refractivity contribution in [3.8, 4) is 5.75 Å². The van der Waals surface area contributed by atoms with Gasteiger partial charge in [-0.25, -0.2) is 0 Å². The summed E-state index contributed by atoms with van der Waals surface area (Å²) in [6.07, 6.45) is 5.07. The van der Waals surface area contributed by atoms with Gasteiger partial charge in [0.1, 0.15) is 20.6 Å². The van der Waals surface area contributed by atoms with Gasteiger partial charge in [0, 0.05) is 43.2 Å². The van der Waals surface area contributed by atoms with E-state index in [-0.39, 0.29) is 24.3 Å². The van der Waals surface area contributed by atoms with E-state index in [1.807, 2.05) is 55.3 Å². The van der Waals surface area contributed by atoms with Gasteiger partial charge in [0.25, 0.3) is 5.91 Å². The lowest BCUT2D eigenvalue weighted by Crippen LogP contribution is -2.62. The van der Waals surface area contributed by atoms with E-state index in [4.69, 9.17) is 21.4 Å². The molecule has 3 aliphatic heterocycles. The molecule has 2 spiro atoms. The van der Waals surface area contributed by atoms with E-state index < -0.39 is 10.3 Å². The number of likely N-dealkylation sites (tertiary alicyclic amines) is 1. The molecule has 0 saturated carbocycles. The second-order valence-electron chi connectivity index (χ2n) is 9.48. The summed E-state index contributed by atoms with van der Waals surface area (Å²) < 4.78 is 10.6. The normalized spacial score (nSPS) is 27.2. The highest BCUT2D eigenvalue weighted by molar-refractivity contribution is 8.25. The average molecular weight is 535 g/mol. The summed E-state index contributed by atoms with van der Waals surface area (Å²) in [5.41, 5.74) is 1.10. The highest BCUT2D eigenvalue weighted by atomic mass is 32.2. The Morgan fingerprint density at radius 2 is 2.03 bits per heavy atom. The molecule has 6 rings (SSSR count). The van der Waals surface area contributed by atoms with Crippen molar-refractivity contribution < 1.29 is 18.7 Å². The molecule has 2 aromatic heterocycles. The molecule has 2 amide bonds. The van der Waals surface area contributed by atoms with Gasteiger partial charge in [-0.2, -0.15) is 0 Å². The average Bonchev–Trinajstić information content (AvgIpc) is 3.62. The molecular formula is C27H26N4O4S2. The third-order valence-electron chi connectivity index (χ3n) is 7.71. The molecule has 2 fully saturated rings. The van der Waals surface area contributed by atoms with Gasteiger partial charge < -0.3 is 14.1 Å². The maximum Gasteiger partial charge on any atom is 0.254 e. The Bertz CT molecular complexity index is 1400. The van der Waals surface area contributed by atoms with Gasteiger partial charge in [-0.1, -0.05) is 30.0 Å². The number of amides is 2. The van der Waals surface area contributed by atoms with Gasteiger partial charge in [0.2, 0.25) is 5.91 Å². The van der Waals surface area contributed by atoms with Crippen molar-refractivity contribution in [2.75, 3.05) is 32.1 Å². The predicted molar refractivity (Wildman–Crippen MR) is 144 cm³/mol. The Morgan fingerprint density at radius 1 is 1.19 bits per heavy atom. The molecule has 0 bridgehead atoms. The number of aromatic nitrogens is 1. The van der Waals surface area contributed by atoms with Crippen LogP contribution in [-0.4, -0.2) is 62.9 Å². The van der Waals surface area contributed by atoms with Gasteiger partial charge in [-0.05, 0) is 55.9 Å². The first kappa shape index (κ1) is 24.1. The third-order valence-corrected chi connectivity index (χ3v) is 9.66. The number of benzene rings is 1. The van der Waals surface area contributed by atoms with Crippen LogP contribution in [-0.2, 0) is 21.7 Å². The number of nitrogens with zero attached hydrogens (tertiary/aromatic N) is 4. The second kappa shape index (κ2) is 8.68. The number of ether oxygens (including phenoxy) is 1. The lowest BCUT2D eigenvalue weighted by Gasteiger charge is -2.42. The highest BCUT2D eigenvalue weighted by Gasteiger charge is 2.78. The molecular weight excluding hydrogens is 508 g/mol. The lowest BCUT2D eigenvalue weighted by atomic mass is 9.72. The molecule has 3 aromatic rings. The number of pyridine rings is 1. The van der Waals surface area contributed by atoms with E-state index in [1.54, 1.807) is 41.6 Å². The first-order valence-electron chi connectivity index (χ1n) is 12.1. The van der Waals surface area contributed by atoms with Crippen LogP contribution in [0.1, 0.15) is 29.7 Å². The number of thiocarbonyl (C=S) groups is 1. The lowest BCUT2D eigenvalue weighted by molar-refractivity contribution is -0.139. The fourth-order valence-corrected chi connectivity index (χ4v) is 8.34. The number of anilines is 1. The van der Waals surface area contributed by atoms with Crippen LogP contribution in [0.4, 0.5) is 5.69 Å². The number of hydrogen-bond acceptors (Lipinski definition) is 8. The minimum Gasteiger partial charge on any atom is -0.494 e. The number of carbonyl (C=O) groups excluding carboxylic acids is 2. The summed E-state index contributed by atoms with van der Waals surface area (Å²) in [4.78, 5) is 38.8. The smallest absolute Gasteiger partial charge is 0.254 e. The maximum absolute atomic E-state index is 14.8. The van der Waals surface area contributed by atoms with Gasteiger partial charge in [-0.3, -0.25) is 24.4 Å². The zero-order valence-corrected chi connectivity index (χ0v) is 22.3. The second-order valence-corrected chi connectivity index (χ2v) is 11.4. The monoisotopic (exact) mass is 534 g/mol. The van der Waals surface area contributed by atoms with Gasteiger partial charge in [0.05, 0.1) is 19.4 Å². The van der Waals surface area contributed by atoms with Crippen molar-refractivity contribution in [2.45, 2.75) is 29.7 Å². The molecule has 5 heterocycles. The number of carbonyl (C=O) groups is 2. The summed E-state index contributed by atoms with van der Waals surface area (Å²) in [6, 6.07) is 13.1. The maximum atomic E-state index is 14.8. The molecule has 1 unspecified atom stereocenters. The summed E-state index contributed by atoms with van der Waals surface area (Å²) in [5.74, 6) is 0.576. The number of rotatable bonds is 5. The van der Waals surface area contributed by atoms with E-state index >= 15 is 0 Å². The number of hydrogen-bond donors (Lipinski definition) is 0.